The Labute approximate surface area is 76.4 Å². The van der Waals surface area contributed by atoms with Gasteiger partial charge in [0.05, 0.1) is 0 Å². The van der Waals surface area contributed by atoms with Crippen molar-refractivity contribution in [3.05, 3.63) is 0 Å². The first-order valence-electron chi connectivity index (χ1n) is 4.42. The van der Waals surface area contributed by atoms with Gasteiger partial charge < -0.3 is 13.3 Å². The van der Waals surface area contributed by atoms with Crippen molar-refractivity contribution >= 4 is 8.80 Å². The molecule has 0 bridgehead atoms. The zero-order chi connectivity index (χ0) is 9.45. The summed E-state index contributed by atoms with van der Waals surface area (Å²) < 4.78 is 15.8. The van der Waals surface area contributed by atoms with Gasteiger partial charge in [0.2, 0.25) is 0 Å². The van der Waals surface area contributed by atoms with Gasteiger partial charge in [-0.2, -0.15) is 0 Å². The lowest BCUT2D eigenvalue weighted by Gasteiger charge is -2.21. The van der Waals surface area contributed by atoms with E-state index in [2.05, 4.69) is 6.92 Å². The predicted molar refractivity (Wildman–Crippen MR) is 51.1 cm³/mol. The van der Waals surface area contributed by atoms with Crippen LogP contribution in [0.4, 0.5) is 0 Å². The number of hydrogen-bond donors (Lipinski definition) is 0. The van der Waals surface area contributed by atoms with Crippen LogP contribution in [0.3, 0.4) is 0 Å². The molecule has 0 aromatic carbocycles. The lowest BCUT2D eigenvalue weighted by Crippen LogP contribution is -2.40. The molecule has 0 amide bonds. The third-order valence-electron chi connectivity index (χ3n) is 1.85. The summed E-state index contributed by atoms with van der Waals surface area (Å²) >= 11 is 0. The number of hydrogen-bond acceptors (Lipinski definition) is 3. The third-order valence-corrected chi connectivity index (χ3v) is 4.07. The van der Waals surface area contributed by atoms with E-state index in [0.717, 1.165) is 13.0 Å². The first-order valence-corrected chi connectivity index (χ1v) is 6.65. The molecule has 4 heteroatoms. The molecule has 0 atom stereocenters. The summed E-state index contributed by atoms with van der Waals surface area (Å²) in [5.41, 5.74) is 0. The normalized spacial score (nSPS) is 12.0. The minimum Gasteiger partial charge on any atom is -0.377 e. The monoisotopic (exact) mass is 192 g/mol. The summed E-state index contributed by atoms with van der Waals surface area (Å²) in [6.45, 7) is 4.82. The summed E-state index contributed by atoms with van der Waals surface area (Å²) in [5.74, 6) is 0. The second-order valence-electron chi connectivity index (χ2n) is 2.83. The largest absolute Gasteiger partial charge is 0.497 e. The minimum atomic E-state index is -2.25. The zero-order valence-corrected chi connectivity index (χ0v) is 9.55. The van der Waals surface area contributed by atoms with E-state index in [4.69, 9.17) is 13.3 Å². The molecular formula is C8H20O3Si. The van der Waals surface area contributed by atoms with Crippen molar-refractivity contribution in [3.63, 3.8) is 0 Å². The average molecular weight is 192 g/mol. The van der Waals surface area contributed by atoms with Crippen LogP contribution >= 0.6 is 0 Å². The molecule has 12 heavy (non-hydrogen) atoms. The molecule has 3 nitrogen and oxygen atoms in total. The zero-order valence-electron chi connectivity index (χ0n) is 8.55. The molecule has 0 aliphatic heterocycles. The van der Waals surface area contributed by atoms with Gasteiger partial charge in [0.1, 0.15) is 0 Å². The smallest absolute Gasteiger partial charge is 0.377 e. The Morgan fingerprint density at radius 2 is 1.67 bits per heavy atom. The summed E-state index contributed by atoms with van der Waals surface area (Å²) in [4.78, 5) is 0. The Bertz CT molecular complexity index is 104. The van der Waals surface area contributed by atoms with Gasteiger partial charge in [-0.3, -0.25) is 0 Å². The molecule has 0 spiro atoms. The molecule has 0 saturated heterocycles. The van der Waals surface area contributed by atoms with Crippen molar-refractivity contribution < 1.29 is 13.3 Å². The van der Waals surface area contributed by atoms with Crippen LogP contribution in [0.25, 0.3) is 0 Å². The fraction of sp³-hybridized carbons (Fsp3) is 1.00. The van der Waals surface area contributed by atoms with E-state index in [1.165, 1.54) is 12.8 Å². The highest BCUT2D eigenvalue weighted by Crippen LogP contribution is 2.07. The van der Waals surface area contributed by atoms with E-state index in [9.17, 15) is 0 Å². The topological polar surface area (TPSA) is 27.7 Å². The van der Waals surface area contributed by atoms with E-state index in [1.54, 1.807) is 14.2 Å². The highest BCUT2D eigenvalue weighted by Gasteiger charge is 2.31. The van der Waals surface area contributed by atoms with Gasteiger partial charge in [0.15, 0.2) is 0 Å². The van der Waals surface area contributed by atoms with Crippen molar-refractivity contribution in [1.82, 2.24) is 0 Å². The van der Waals surface area contributed by atoms with Crippen molar-refractivity contribution in [2.75, 3.05) is 20.8 Å². The van der Waals surface area contributed by atoms with E-state index >= 15 is 0 Å². The SMILES string of the molecule is CCCCCO[Si](C)(OC)OC. The van der Waals surface area contributed by atoms with Crippen LogP contribution in [-0.4, -0.2) is 29.6 Å². The molecule has 0 saturated carbocycles. The van der Waals surface area contributed by atoms with Crippen LogP contribution in [0.5, 0.6) is 0 Å². The molecule has 0 aliphatic rings. The summed E-state index contributed by atoms with van der Waals surface area (Å²) in [5, 5.41) is 0. The van der Waals surface area contributed by atoms with Gasteiger partial charge in [-0.15, -0.1) is 0 Å². The predicted octanol–water partition coefficient (Wildman–Crippen LogP) is 2.05. The Morgan fingerprint density at radius 1 is 1.08 bits per heavy atom. The molecule has 0 unspecified atom stereocenters. The molecular weight excluding hydrogens is 172 g/mol. The second-order valence-corrected chi connectivity index (χ2v) is 5.66. The molecule has 0 N–H and O–H groups in total. The maximum atomic E-state index is 5.52. The van der Waals surface area contributed by atoms with Crippen LogP contribution < -0.4 is 0 Å². The molecule has 0 fully saturated rings. The van der Waals surface area contributed by atoms with E-state index in [1.807, 2.05) is 6.55 Å². The highest BCUT2D eigenvalue weighted by molar-refractivity contribution is 6.59. The molecule has 0 heterocycles. The maximum Gasteiger partial charge on any atom is 0.497 e. The molecule has 0 aromatic rings. The number of rotatable bonds is 7. The quantitative estimate of drug-likeness (QED) is 0.456. The molecule has 74 valence electrons. The Kier molecular flexibility index (Phi) is 6.65. The van der Waals surface area contributed by atoms with Gasteiger partial charge in [0.25, 0.3) is 0 Å². The van der Waals surface area contributed by atoms with Crippen LogP contribution in [0.15, 0.2) is 0 Å². The van der Waals surface area contributed by atoms with Crippen molar-refractivity contribution in [2.45, 2.75) is 32.7 Å². The first-order chi connectivity index (χ1) is 5.68. The third kappa shape index (κ3) is 4.87. The van der Waals surface area contributed by atoms with E-state index in [0.29, 0.717) is 0 Å². The Balaban J connectivity index is 3.45. The molecule has 0 rings (SSSR count). The van der Waals surface area contributed by atoms with Crippen LogP contribution in [0.1, 0.15) is 26.2 Å². The first kappa shape index (κ1) is 12.1. The van der Waals surface area contributed by atoms with Gasteiger partial charge in [-0.1, -0.05) is 19.8 Å². The Morgan fingerprint density at radius 3 is 2.08 bits per heavy atom. The van der Waals surface area contributed by atoms with E-state index < -0.39 is 8.80 Å². The average Bonchev–Trinajstić information content (AvgIpc) is 2.12. The van der Waals surface area contributed by atoms with Crippen molar-refractivity contribution in [2.24, 2.45) is 0 Å². The molecule has 0 aliphatic carbocycles. The number of unbranched alkanes of at least 4 members (excludes halogenated alkanes) is 2. The van der Waals surface area contributed by atoms with E-state index in [-0.39, 0.29) is 0 Å². The second kappa shape index (κ2) is 6.60. The minimum absolute atomic E-state index is 0.748. The highest BCUT2D eigenvalue weighted by atomic mass is 28.4. The maximum absolute atomic E-state index is 5.52. The van der Waals surface area contributed by atoms with Crippen LogP contribution in [0, 0.1) is 0 Å². The van der Waals surface area contributed by atoms with Gasteiger partial charge in [-0.05, 0) is 6.42 Å². The molecule has 0 radical (unpaired) electrons. The Hall–Kier alpha value is 0.0969. The van der Waals surface area contributed by atoms with Crippen LogP contribution in [0.2, 0.25) is 6.55 Å². The lowest BCUT2D eigenvalue weighted by molar-refractivity contribution is 0.104. The van der Waals surface area contributed by atoms with Gasteiger partial charge in [0, 0.05) is 27.4 Å². The summed E-state index contributed by atoms with van der Waals surface area (Å²) in [6, 6.07) is 0. The summed E-state index contributed by atoms with van der Waals surface area (Å²) in [6.07, 6.45) is 3.51. The van der Waals surface area contributed by atoms with Gasteiger partial charge in [-0.25, -0.2) is 0 Å². The summed E-state index contributed by atoms with van der Waals surface area (Å²) in [7, 11) is 1.02. The van der Waals surface area contributed by atoms with Gasteiger partial charge >= 0.3 is 8.80 Å². The molecule has 0 aromatic heterocycles. The van der Waals surface area contributed by atoms with Crippen LogP contribution in [-0.2, 0) is 13.3 Å². The fourth-order valence-corrected chi connectivity index (χ4v) is 1.73. The fourth-order valence-electron chi connectivity index (χ4n) is 0.811. The van der Waals surface area contributed by atoms with Crippen molar-refractivity contribution in [1.29, 1.82) is 0 Å². The standard InChI is InChI=1S/C8H20O3Si/c1-5-6-7-8-11-12(4,9-2)10-3/h5-8H2,1-4H3. The lowest BCUT2D eigenvalue weighted by atomic mass is 10.3. The van der Waals surface area contributed by atoms with Crippen molar-refractivity contribution in [3.8, 4) is 0 Å².